The first-order valence-corrected chi connectivity index (χ1v) is 6.82. The monoisotopic (exact) mass is 269 g/mol. The van der Waals surface area contributed by atoms with Crippen molar-refractivity contribution in [2.45, 2.75) is 13.0 Å². The first-order chi connectivity index (χ1) is 9.65. The molecule has 0 saturated heterocycles. The molecule has 0 spiro atoms. The Bertz CT molecular complexity index is 514. The lowest BCUT2D eigenvalue weighted by molar-refractivity contribution is 0.331. The summed E-state index contributed by atoms with van der Waals surface area (Å²) < 4.78 is 0. The van der Waals surface area contributed by atoms with Crippen molar-refractivity contribution in [2.75, 3.05) is 13.6 Å². The molecule has 3 nitrogen and oxygen atoms in total. The lowest BCUT2D eigenvalue weighted by Crippen LogP contribution is -2.29. The first kappa shape index (κ1) is 14.8. The summed E-state index contributed by atoms with van der Waals surface area (Å²) in [6.07, 6.45) is 1.03. The van der Waals surface area contributed by atoms with Crippen molar-refractivity contribution in [3.05, 3.63) is 65.7 Å². The van der Waals surface area contributed by atoms with Gasteiger partial charge in [0.25, 0.3) is 0 Å². The minimum Gasteiger partial charge on any atom is -0.423 e. The van der Waals surface area contributed by atoms with Crippen LogP contribution in [0.25, 0.3) is 0 Å². The van der Waals surface area contributed by atoms with Gasteiger partial charge in [0.2, 0.25) is 0 Å². The second-order valence-corrected chi connectivity index (χ2v) is 5.09. The molecule has 0 saturated carbocycles. The molecule has 0 unspecified atom stereocenters. The molecule has 0 bridgehead atoms. The third kappa shape index (κ3) is 4.49. The molecule has 0 heterocycles. The molecule has 20 heavy (non-hydrogen) atoms. The zero-order chi connectivity index (χ0) is 14.4. The molecule has 0 radical (unpaired) electrons. The van der Waals surface area contributed by atoms with Gasteiger partial charge in [-0.2, -0.15) is 0 Å². The zero-order valence-electron chi connectivity index (χ0n) is 11.7. The summed E-state index contributed by atoms with van der Waals surface area (Å²) >= 11 is 0. The maximum absolute atomic E-state index is 9.05. The molecule has 2 N–H and O–H groups in total. The molecule has 2 aromatic carbocycles. The van der Waals surface area contributed by atoms with Gasteiger partial charge in [-0.25, -0.2) is 0 Å². The van der Waals surface area contributed by atoms with E-state index in [-0.39, 0.29) is 0 Å². The van der Waals surface area contributed by atoms with Crippen LogP contribution in [0.15, 0.2) is 54.6 Å². The highest BCUT2D eigenvalue weighted by atomic mass is 16.4. The van der Waals surface area contributed by atoms with Crippen molar-refractivity contribution in [1.82, 2.24) is 4.90 Å². The quantitative estimate of drug-likeness (QED) is 0.770. The van der Waals surface area contributed by atoms with Crippen LogP contribution < -0.4 is 5.46 Å². The minimum absolute atomic E-state index is 0.528. The lowest BCUT2D eigenvalue weighted by Gasteiger charge is -2.17. The topological polar surface area (TPSA) is 43.7 Å². The fourth-order valence-corrected chi connectivity index (χ4v) is 2.15. The number of hydrogen-bond donors (Lipinski definition) is 2. The van der Waals surface area contributed by atoms with Crippen molar-refractivity contribution in [3.63, 3.8) is 0 Å². The summed E-state index contributed by atoms with van der Waals surface area (Å²) in [5.74, 6) is 0. The standard InChI is InChI=1S/C16H20BNO2/c1-18(12-11-14-5-3-2-4-6-14)13-15-7-9-16(10-8-15)17(19)20/h2-10,19-20H,11-13H2,1H3. The third-order valence-corrected chi connectivity index (χ3v) is 3.36. The molecular formula is C16H20BNO2. The fourth-order valence-electron chi connectivity index (χ4n) is 2.15. The molecule has 0 fully saturated rings. The predicted molar refractivity (Wildman–Crippen MR) is 82.7 cm³/mol. The fraction of sp³-hybridized carbons (Fsp3) is 0.250. The van der Waals surface area contributed by atoms with E-state index in [4.69, 9.17) is 10.0 Å². The number of benzene rings is 2. The minimum atomic E-state index is -1.39. The molecule has 0 atom stereocenters. The van der Waals surface area contributed by atoms with Gasteiger partial charge in [0.15, 0.2) is 0 Å². The summed E-state index contributed by atoms with van der Waals surface area (Å²) in [7, 11) is 0.706. The van der Waals surface area contributed by atoms with Gasteiger partial charge in [-0.1, -0.05) is 54.6 Å². The molecule has 104 valence electrons. The Balaban J connectivity index is 1.83. The first-order valence-electron chi connectivity index (χ1n) is 6.82. The molecule has 2 aromatic rings. The van der Waals surface area contributed by atoms with E-state index < -0.39 is 7.12 Å². The van der Waals surface area contributed by atoms with Gasteiger partial charge in [-0.05, 0) is 30.1 Å². The van der Waals surface area contributed by atoms with Gasteiger partial charge in [0.1, 0.15) is 0 Å². The Hall–Kier alpha value is -1.62. The van der Waals surface area contributed by atoms with Crippen LogP contribution in [0.4, 0.5) is 0 Å². The summed E-state index contributed by atoms with van der Waals surface area (Å²) in [4.78, 5) is 2.26. The maximum atomic E-state index is 9.05. The van der Waals surface area contributed by atoms with Crippen LogP contribution in [0, 0.1) is 0 Å². The summed E-state index contributed by atoms with van der Waals surface area (Å²) in [5, 5.41) is 18.1. The van der Waals surface area contributed by atoms with Gasteiger partial charge >= 0.3 is 7.12 Å². The smallest absolute Gasteiger partial charge is 0.423 e. The average Bonchev–Trinajstić information content (AvgIpc) is 2.47. The highest BCUT2D eigenvalue weighted by molar-refractivity contribution is 6.58. The highest BCUT2D eigenvalue weighted by Crippen LogP contribution is 2.05. The highest BCUT2D eigenvalue weighted by Gasteiger charge is 2.10. The SMILES string of the molecule is CN(CCc1ccccc1)Cc1ccc(B(O)O)cc1. The molecule has 0 aromatic heterocycles. The number of rotatable bonds is 6. The molecule has 0 amide bonds. The van der Waals surface area contributed by atoms with Crippen molar-refractivity contribution in [3.8, 4) is 0 Å². The molecule has 4 heteroatoms. The second kappa shape index (κ2) is 7.24. The number of hydrogen-bond acceptors (Lipinski definition) is 3. The Morgan fingerprint density at radius 2 is 1.55 bits per heavy atom. The van der Waals surface area contributed by atoms with Crippen molar-refractivity contribution < 1.29 is 10.0 Å². The molecule has 0 aliphatic rings. The molecule has 0 aliphatic carbocycles. The van der Waals surface area contributed by atoms with Crippen LogP contribution in [-0.2, 0) is 13.0 Å². The normalized spacial score (nSPS) is 10.8. The van der Waals surface area contributed by atoms with Crippen LogP contribution in [0.3, 0.4) is 0 Å². The Morgan fingerprint density at radius 3 is 2.15 bits per heavy atom. The summed E-state index contributed by atoms with van der Waals surface area (Å²) in [6, 6.07) is 17.8. The lowest BCUT2D eigenvalue weighted by atomic mass is 9.80. The van der Waals surface area contributed by atoms with Crippen LogP contribution in [0.2, 0.25) is 0 Å². The third-order valence-electron chi connectivity index (χ3n) is 3.36. The Labute approximate surface area is 120 Å². The van der Waals surface area contributed by atoms with Crippen molar-refractivity contribution in [2.24, 2.45) is 0 Å². The van der Waals surface area contributed by atoms with E-state index in [0.29, 0.717) is 5.46 Å². The number of nitrogens with zero attached hydrogens (tertiary/aromatic N) is 1. The number of likely N-dealkylation sites (N-methyl/N-ethyl adjacent to an activating group) is 1. The van der Waals surface area contributed by atoms with E-state index in [0.717, 1.165) is 19.5 Å². The Morgan fingerprint density at radius 1 is 0.900 bits per heavy atom. The average molecular weight is 269 g/mol. The van der Waals surface area contributed by atoms with Crippen molar-refractivity contribution >= 4 is 12.6 Å². The van der Waals surface area contributed by atoms with E-state index in [1.165, 1.54) is 11.1 Å². The van der Waals surface area contributed by atoms with E-state index in [9.17, 15) is 0 Å². The van der Waals surface area contributed by atoms with Gasteiger partial charge < -0.3 is 14.9 Å². The van der Waals surface area contributed by atoms with Gasteiger partial charge in [0.05, 0.1) is 0 Å². The molecule has 0 aliphatic heterocycles. The zero-order valence-corrected chi connectivity index (χ0v) is 11.7. The van der Waals surface area contributed by atoms with E-state index in [1.807, 2.05) is 18.2 Å². The van der Waals surface area contributed by atoms with Crippen molar-refractivity contribution in [1.29, 1.82) is 0 Å². The maximum Gasteiger partial charge on any atom is 0.488 e. The molecular weight excluding hydrogens is 249 g/mol. The van der Waals surface area contributed by atoms with Crippen LogP contribution in [-0.4, -0.2) is 35.7 Å². The van der Waals surface area contributed by atoms with E-state index >= 15 is 0 Å². The van der Waals surface area contributed by atoms with Crippen LogP contribution in [0.5, 0.6) is 0 Å². The predicted octanol–water partition coefficient (Wildman–Crippen LogP) is 1.04. The van der Waals surface area contributed by atoms with E-state index in [1.54, 1.807) is 12.1 Å². The van der Waals surface area contributed by atoms with Crippen LogP contribution in [0.1, 0.15) is 11.1 Å². The van der Waals surface area contributed by atoms with Gasteiger partial charge in [-0.15, -0.1) is 0 Å². The summed E-state index contributed by atoms with van der Waals surface area (Å²) in [6.45, 7) is 1.85. The Kier molecular flexibility index (Phi) is 5.36. The second-order valence-electron chi connectivity index (χ2n) is 5.09. The summed E-state index contributed by atoms with van der Waals surface area (Å²) in [5.41, 5.74) is 3.05. The van der Waals surface area contributed by atoms with Crippen LogP contribution >= 0.6 is 0 Å². The van der Waals surface area contributed by atoms with E-state index in [2.05, 4.69) is 36.2 Å². The van der Waals surface area contributed by atoms with Gasteiger partial charge in [-0.3, -0.25) is 0 Å². The largest absolute Gasteiger partial charge is 0.488 e. The molecule has 2 rings (SSSR count). The van der Waals surface area contributed by atoms with Gasteiger partial charge in [0, 0.05) is 13.1 Å².